The summed E-state index contributed by atoms with van der Waals surface area (Å²) in [5.41, 5.74) is 0.445. The van der Waals surface area contributed by atoms with Crippen LogP contribution in [0, 0.1) is 6.92 Å². The third kappa shape index (κ3) is 8.27. The summed E-state index contributed by atoms with van der Waals surface area (Å²) in [7, 11) is 0. The number of aryl methyl sites for hydroxylation is 1. The van der Waals surface area contributed by atoms with E-state index in [-0.39, 0.29) is 19.0 Å². The Morgan fingerprint density at radius 3 is 2.23 bits per heavy atom. The topological polar surface area (TPSA) is 87.7 Å². The lowest BCUT2D eigenvalue weighted by atomic mass is 9.97. The molecule has 1 unspecified atom stereocenters. The Bertz CT molecular complexity index is 775. The van der Waals surface area contributed by atoms with Crippen molar-refractivity contribution in [2.24, 2.45) is 0 Å². The number of nitrogens with one attached hydrogen (secondary N) is 2. The summed E-state index contributed by atoms with van der Waals surface area (Å²) < 4.78 is 5.19. The van der Waals surface area contributed by atoms with Crippen molar-refractivity contribution in [1.29, 1.82) is 0 Å². The first-order chi connectivity index (χ1) is 13.7. The van der Waals surface area contributed by atoms with Gasteiger partial charge in [0.15, 0.2) is 0 Å². The Morgan fingerprint density at radius 1 is 1.13 bits per heavy atom. The Labute approximate surface area is 179 Å². The minimum Gasteiger partial charge on any atom is -0.444 e. The summed E-state index contributed by atoms with van der Waals surface area (Å²) in [5.74, 6) is -0.720. The minimum absolute atomic E-state index is 0.144. The van der Waals surface area contributed by atoms with Crippen molar-refractivity contribution in [3.05, 3.63) is 48.0 Å². The van der Waals surface area contributed by atoms with E-state index in [2.05, 4.69) is 17.2 Å². The van der Waals surface area contributed by atoms with Gasteiger partial charge in [0, 0.05) is 12.1 Å². The molecule has 0 saturated carbocycles. The largest absolute Gasteiger partial charge is 0.444 e. The molecule has 1 rings (SSSR count). The molecule has 1 atom stereocenters. The number of benzene rings is 1. The van der Waals surface area contributed by atoms with E-state index in [0.29, 0.717) is 5.56 Å². The molecule has 0 fully saturated rings. The first kappa shape index (κ1) is 25.2. The van der Waals surface area contributed by atoms with Crippen LogP contribution in [0.4, 0.5) is 4.79 Å². The number of hydrogen-bond acceptors (Lipinski definition) is 4. The van der Waals surface area contributed by atoms with Crippen molar-refractivity contribution < 1.29 is 19.1 Å². The number of rotatable bonds is 7. The van der Waals surface area contributed by atoms with Gasteiger partial charge in [-0.1, -0.05) is 30.3 Å². The summed E-state index contributed by atoms with van der Waals surface area (Å²) in [6.45, 7) is 16.3. The lowest BCUT2D eigenvalue weighted by Crippen LogP contribution is -2.51. The average molecular weight is 418 g/mol. The lowest BCUT2D eigenvalue weighted by molar-refractivity contribution is -0.140. The van der Waals surface area contributed by atoms with Crippen LogP contribution < -0.4 is 10.6 Å². The van der Waals surface area contributed by atoms with Gasteiger partial charge in [0.1, 0.15) is 18.2 Å². The van der Waals surface area contributed by atoms with Gasteiger partial charge in [0.2, 0.25) is 11.8 Å². The maximum Gasteiger partial charge on any atom is 0.408 e. The molecule has 0 aromatic heterocycles. The number of carbonyl (C=O) groups is 3. The maximum absolute atomic E-state index is 13.2. The molecule has 7 heteroatoms. The third-order valence-corrected chi connectivity index (χ3v) is 3.97. The Morgan fingerprint density at radius 2 is 1.73 bits per heavy atom. The molecule has 3 amide bonds. The van der Waals surface area contributed by atoms with Crippen LogP contribution >= 0.6 is 0 Å². The van der Waals surface area contributed by atoms with Gasteiger partial charge >= 0.3 is 6.09 Å². The molecule has 0 aliphatic heterocycles. The molecule has 0 heterocycles. The summed E-state index contributed by atoms with van der Waals surface area (Å²) in [4.78, 5) is 39.6. The molecule has 30 heavy (non-hydrogen) atoms. The highest BCUT2D eigenvalue weighted by molar-refractivity contribution is 5.91. The number of hydrogen-bond donors (Lipinski definition) is 2. The molecule has 7 nitrogen and oxygen atoms in total. The van der Waals surface area contributed by atoms with E-state index >= 15 is 0 Å². The first-order valence-electron chi connectivity index (χ1n) is 10.00. The van der Waals surface area contributed by atoms with E-state index in [4.69, 9.17) is 4.74 Å². The Kier molecular flexibility index (Phi) is 8.63. The van der Waals surface area contributed by atoms with Gasteiger partial charge in [-0.15, -0.1) is 6.58 Å². The van der Waals surface area contributed by atoms with Crippen LogP contribution in [0.5, 0.6) is 0 Å². The molecule has 2 N–H and O–H groups in total. The molecule has 1 aromatic rings. The van der Waals surface area contributed by atoms with E-state index in [9.17, 15) is 14.4 Å². The predicted octanol–water partition coefficient (Wildman–Crippen LogP) is 3.49. The standard InChI is InChI=1S/C23H35N3O4/c1-9-14-26(18(27)15-24-21(29)30-23(6,7)8)19(20(28)25-22(3,4)5)17-13-11-10-12-16(17)2/h9-13,19H,1,14-15H2,2-8H3,(H,24,29)(H,25,28). The molecule has 0 aliphatic rings. The quantitative estimate of drug-likeness (QED) is 0.665. The average Bonchev–Trinajstić information content (AvgIpc) is 2.57. The molecule has 0 bridgehead atoms. The van der Waals surface area contributed by atoms with Crippen LogP contribution in [0.15, 0.2) is 36.9 Å². The van der Waals surface area contributed by atoms with Gasteiger partial charge < -0.3 is 20.3 Å². The van der Waals surface area contributed by atoms with Crippen LogP contribution in [0.3, 0.4) is 0 Å². The van der Waals surface area contributed by atoms with E-state index < -0.39 is 29.2 Å². The highest BCUT2D eigenvalue weighted by atomic mass is 16.6. The van der Waals surface area contributed by atoms with Crippen molar-refractivity contribution in [1.82, 2.24) is 15.5 Å². The van der Waals surface area contributed by atoms with Gasteiger partial charge in [0.25, 0.3) is 0 Å². The second-order valence-corrected chi connectivity index (χ2v) is 9.19. The number of carbonyl (C=O) groups excluding carboxylic acids is 3. The van der Waals surface area contributed by atoms with Gasteiger partial charge in [-0.25, -0.2) is 4.79 Å². The van der Waals surface area contributed by atoms with E-state index in [1.807, 2.05) is 52.0 Å². The van der Waals surface area contributed by atoms with E-state index in [1.165, 1.54) is 4.90 Å². The SMILES string of the molecule is C=CCN(C(=O)CNC(=O)OC(C)(C)C)C(C(=O)NC(C)(C)C)c1ccccc1C. The Hall–Kier alpha value is -2.83. The van der Waals surface area contributed by atoms with Crippen LogP contribution in [-0.2, 0) is 14.3 Å². The zero-order valence-corrected chi connectivity index (χ0v) is 19.2. The van der Waals surface area contributed by atoms with Crippen molar-refractivity contribution in [2.75, 3.05) is 13.1 Å². The molecular weight excluding hydrogens is 382 g/mol. The van der Waals surface area contributed by atoms with Gasteiger partial charge in [-0.3, -0.25) is 9.59 Å². The first-order valence-corrected chi connectivity index (χ1v) is 10.00. The molecule has 0 radical (unpaired) electrons. The van der Waals surface area contributed by atoms with E-state index in [0.717, 1.165) is 5.56 Å². The summed E-state index contributed by atoms with van der Waals surface area (Å²) in [6, 6.07) is 6.56. The molecule has 166 valence electrons. The summed E-state index contributed by atoms with van der Waals surface area (Å²) in [6.07, 6.45) is 0.863. The van der Waals surface area contributed by atoms with Crippen molar-refractivity contribution in [2.45, 2.75) is 65.6 Å². The fourth-order valence-corrected chi connectivity index (χ4v) is 2.84. The predicted molar refractivity (Wildman–Crippen MR) is 118 cm³/mol. The van der Waals surface area contributed by atoms with Crippen molar-refractivity contribution >= 4 is 17.9 Å². The zero-order valence-electron chi connectivity index (χ0n) is 19.2. The highest BCUT2D eigenvalue weighted by Crippen LogP contribution is 2.25. The van der Waals surface area contributed by atoms with Gasteiger partial charge in [-0.05, 0) is 59.6 Å². The monoisotopic (exact) mass is 417 g/mol. The number of amides is 3. The number of alkyl carbamates (subject to hydrolysis) is 1. The van der Waals surface area contributed by atoms with Crippen LogP contribution in [0.1, 0.15) is 58.7 Å². The smallest absolute Gasteiger partial charge is 0.408 e. The van der Waals surface area contributed by atoms with Crippen LogP contribution in [0.2, 0.25) is 0 Å². The summed E-state index contributed by atoms with van der Waals surface area (Å²) in [5, 5.41) is 5.42. The van der Waals surface area contributed by atoms with Gasteiger partial charge in [-0.2, -0.15) is 0 Å². The van der Waals surface area contributed by atoms with Crippen LogP contribution in [0.25, 0.3) is 0 Å². The van der Waals surface area contributed by atoms with Crippen molar-refractivity contribution in [3.63, 3.8) is 0 Å². The van der Waals surface area contributed by atoms with E-state index in [1.54, 1.807) is 26.8 Å². The van der Waals surface area contributed by atoms with Crippen molar-refractivity contribution in [3.8, 4) is 0 Å². The zero-order chi connectivity index (χ0) is 23.1. The van der Waals surface area contributed by atoms with Crippen LogP contribution in [-0.4, -0.2) is 47.0 Å². The molecule has 0 aliphatic carbocycles. The molecule has 1 aromatic carbocycles. The second kappa shape index (κ2) is 10.3. The molecule has 0 saturated heterocycles. The fourth-order valence-electron chi connectivity index (χ4n) is 2.84. The third-order valence-electron chi connectivity index (χ3n) is 3.97. The minimum atomic E-state index is -0.864. The molecular formula is C23H35N3O4. The number of ether oxygens (including phenoxy) is 1. The second-order valence-electron chi connectivity index (χ2n) is 9.19. The lowest BCUT2D eigenvalue weighted by Gasteiger charge is -2.34. The van der Waals surface area contributed by atoms with Gasteiger partial charge in [0.05, 0.1) is 0 Å². The fraction of sp³-hybridized carbons (Fsp3) is 0.522. The maximum atomic E-state index is 13.2. The highest BCUT2D eigenvalue weighted by Gasteiger charge is 2.33. The number of nitrogens with zero attached hydrogens (tertiary/aromatic N) is 1. The summed E-state index contributed by atoms with van der Waals surface area (Å²) >= 11 is 0. The molecule has 0 spiro atoms. The Balaban J connectivity index is 3.19. The normalized spacial score (nSPS) is 12.5.